The molecule has 5 aliphatic heterocycles. The molecule has 2 aromatic carbocycles. The molecule has 2 unspecified atom stereocenters. The van der Waals surface area contributed by atoms with Gasteiger partial charge in [0.05, 0.1) is 42.6 Å². The van der Waals surface area contributed by atoms with Crippen molar-refractivity contribution in [2.24, 2.45) is 0 Å². The third-order valence-electron chi connectivity index (χ3n) is 10.9. The summed E-state index contributed by atoms with van der Waals surface area (Å²) < 4.78 is 45.5. The van der Waals surface area contributed by atoms with E-state index >= 15 is 0 Å². The normalized spacial score (nSPS) is 24.9. The van der Waals surface area contributed by atoms with Crippen LogP contribution in [0.2, 0.25) is 0 Å². The van der Waals surface area contributed by atoms with Gasteiger partial charge in [0.1, 0.15) is 44.3 Å². The van der Waals surface area contributed by atoms with Crippen molar-refractivity contribution in [2.45, 2.75) is 72.5 Å². The fourth-order valence-electron chi connectivity index (χ4n) is 8.86. The van der Waals surface area contributed by atoms with Crippen molar-refractivity contribution in [2.75, 3.05) is 46.1 Å². The molecule has 60 heavy (non-hydrogen) atoms. The Bertz CT molecular complexity index is 2180. The lowest BCUT2D eigenvalue weighted by Crippen LogP contribution is -2.71. The molecule has 0 aromatic heterocycles. The molecule has 20 heteroatoms. The molecular weight excluding hydrogens is 867 g/mol. The van der Waals surface area contributed by atoms with Gasteiger partial charge in [0.15, 0.2) is 23.0 Å². The molecule has 2 amide bonds. The summed E-state index contributed by atoms with van der Waals surface area (Å²) in [5.41, 5.74) is 3.57. The van der Waals surface area contributed by atoms with E-state index in [0.29, 0.717) is 45.3 Å². The van der Waals surface area contributed by atoms with Gasteiger partial charge in [-0.25, -0.2) is 14.4 Å². The number of carbonyl (C=O) groups excluding carboxylic acids is 4. The van der Waals surface area contributed by atoms with E-state index < -0.39 is 76.0 Å². The first-order valence-corrected chi connectivity index (χ1v) is 20.9. The molecule has 2 aromatic rings. The van der Waals surface area contributed by atoms with Crippen molar-refractivity contribution in [3.05, 3.63) is 64.8 Å². The minimum Gasteiger partial charge on any atom is -0.493 e. The average Bonchev–Trinajstić information content (AvgIpc) is 3.70. The van der Waals surface area contributed by atoms with E-state index in [1.165, 1.54) is 31.9 Å². The summed E-state index contributed by atoms with van der Waals surface area (Å²) in [6.07, 6.45) is 1.46. The molecule has 4 bridgehead atoms. The number of cyclic esters (lactones) is 1. The molecule has 0 radical (unpaired) electrons. The average molecular weight is 908 g/mol. The lowest BCUT2D eigenvalue weighted by molar-refractivity contribution is -0.151. The van der Waals surface area contributed by atoms with Gasteiger partial charge < -0.3 is 43.2 Å². The number of benzene rings is 2. The number of amides is 2. The van der Waals surface area contributed by atoms with Crippen LogP contribution >= 0.6 is 46.6 Å². The molecule has 0 spiro atoms. The number of carbonyl (C=O) groups is 4. The molecule has 2 fully saturated rings. The summed E-state index contributed by atoms with van der Waals surface area (Å²) in [6.45, 7) is 11.2. The van der Waals surface area contributed by atoms with Gasteiger partial charge >= 0.3 is 24.1 Å². The minimum absolute atomic E-state index is 0.0824. The van der Waals surface area contributed by atoms with Crippen molar-refractivity contribution in [1.82, 2.24) is 15.1 Å². The fraction of sp³-hybridized carbons (Fsp3) is 0.475. The number of ether oxygens (including phenoxy) is 8. The summed E-state index contributed by atoms with van der Waals surface area (Å²) in [4.78, 5) is 57.9. The maximum absolute atomic E-state index is 14.5. The fourth-order valence-corrected chi connectivity index (χ4v) is 10.5. The van der Waals surface area contributed by atoms with Crippen LogP contribution in [-0.4, -0.2) is 108 Å². The summed E-state index contributed by atoms with van der Waals surface area (Å²) in [5.74, 6) is -0.00739. The molecule has 5 heterocycles. The monoisotopic (exact) mass is 906 g/mol. The van der Waals surface area contributed by atoms with Gasteiger partial charge in [0, 0.05) is 34.9 Å². The molecule has 0 saturated carbocycles. The second kappa shape index (κ2) is 17.3. The highest BCUT2D eigenvalue weighted by Crippen LogP contribution is 2.64. The summed E-state index contributed by atoms with van der Waals surface area (Å²) in [6, 6.07) is -1.52. The van der Waals surface area contributed by atoms with E-state index in [1.807, 2.05) is 17.9 Å². The van der Waals surface area contributed by atoms with Crippen molar-refractivity contribution in [3.63, 3.8) is 0 Å². The van der Waals surface area contributed by atoms with Gasteiger partial charge in [-0.15, -0.1) is 11.8 Å². The second-order valence-corrected chi connectivity index (χ2v) is 18.1. The molecule has 320 valence electrons. The number of piperazine rings is 1. The molecule has 16 nitrogen and oxygen atoms in total. The van der Waals surface area contributed by atoms with Crippen LogP contribution in [0, 0.1) is 25.2 Å². The highest BCUT2D eigenvalue weighted by Gasteiger charge is 2.63. The zero-order valence-corrected chi connectivity index (χ0v) is 36.0. The van der Waals surface area contributed by atoms with Crippen LogP contribution in [0.1, 0.15) is 57.6 Å². The predicted octanol–water partition coefficient (Wildman–Crippen LogP) is 6.25. The van der Waals surface area contributed by atoms with E-state index in [1.54, 1.807) is 17.9 Å². The van der Waals surface area contributed by atoms with E-state index in [4.69, 9.17) is 72.7 Å². The van der Waals surface area contributed by atoms with E-state index in [9.17, 15) is 24.4 Å². The van der Waals surface area contributed by atoms with Crippen molar-refractivity contribution in [3.8, 4) is 34.8 Å². The first-order valence-electron chi connectivity index (χ1n) is 18.7. The van der Waals surface area contributed by atoms with Gasteiger partial charge in [-0.3, -0.25) is 14.6 Å². The Morgan fingerprint density at radius 2 is 1.78 bits per heavy atom. The number of rotatable bonds is 9. The van der Waals surface area contributed by atoms with Gasteiger partial charge in [-0.1, -0.05) is 66.2 Å². The number of halogens is 3. The molecule has 1 N–H and O–H groups in total. The van der Waals surface area contributed by atoms with Crippen LogP contribution in [0.5, 0.6) is 28.7 Å². The van der Waals surface area contributed by atoms with Gasteiger partial charge in [0.2, 0.25) is 10.6 Å². The number of aryl methyl sites for hydroxylation is 1. The number of nitrogens with one attached hydrogen (secondary N) is 1. The maximum atomic E-state index is 14.5. The number of hydrogen-bond donors (Lipinski definition) is 1. The van der Waals surface area contributed by atoms with E-state index in [0.717, 1.165) is 11.1 Å². The van der Waals surface area contributed by atoms with Crippen LogP contribution in [0.25, 0.3) is 0 Å². The summed E-state index contributed by atoms with van der Waals surface area (Å²) in [7, 11) is 1.52. The lowest BCUT2D eigenvalue weighted by atomic mass is 9.71. The molecule has 7 atom stereocenters. The third kappa shape index (κ3) is 7.72. The van der Waals surface area contributed by atoms with Crippen LogP contribution in [0.3, 0.4) is 0 Å². The Balaban J connectivity index is 1.52. The van der Waals surface area contributed by atoms with Gasteiger partial charge in [-0.2, -0.15) is 5.26 Å². The van der Waals surface area contributed by atoms with Crippen LogP contribution in [-0.2, 0) is 30.2 Å². The zero-order valence-electron chi connectivity index (χ0n) is 32.9. The molecule has 0 aliphatic carbocycles. The highest BCUT2D eigenvalue weighted by atomic mass is 35.6. The van der Waals surface area contributed by atoms with E-state index in [2.05, 4.69) is 24.5 Å². The first-order chi connectivity index (χ1) is 28.6. The number of hydrogen-bond acceptors (Lipinski definition) is 15. The maximum Gasteiger partial charge on any atom is 0.411 e. The zero-order chi connectivity index (χ0) is 43.2. The molecule has 5 aliphatic rings. The number of alkyl carbamates (subject to hydrolysis) is 1. The number of alkyl halides is 3. The molecule has 2 saturated heterocycles. The van der Waals surface area contributed by atoms with Crippen molar-refractivity contribution >= 4 is 70.7 Å². The first kappa shape index (κ1) is 43.4. The topological polar surface area (TPSA) is 184 Å². The summed E-state index contributed by atoms with van der Waals surface area (Å²) >= 11 is 18.6. The molecular formula is C40H41Cl3N4O12S. The SMILES string of the molecule is C=CCOC(=O)N1C2Cc3cc(C)c(OC)c(OCC=C)c3[C@H]1[C@@H]1C3SC[C@H](NC(=O)OCC(Cl)(Cl)Cl)C(=O)OC[C@@H](c4c5c(c(C)c(OC(C)=O)c43)OCO5)N1[C@H]2C#N. The number of nitriles is 1. The Morgan fingerprint density at radius 1 is 1.05 bits per heavy atom. The van der Waals surface area contributed by atoms with Crippen LogP contribution < -0.4 is 29.0 Å². The second-order valence-electron chi connectivity index (χ2n) is 14.5. The van der Waals surface area contributed by atoms with Gasteiger partial charge in [-0.05, 0) is 31.4 Å². The third-order valence-corrected chi connectivity index (χ3v) is 12.6. The number of fused-ring (bicyclic) bond motifs is 9. The lowest BCUT2D eigenvalue weighted by Gasteiger charge is -2.61. The van der Waals surface area contributed by atoms with Crippen LogP contribution in [0.15, 0.2) is 31.4 Å². The Labute approximate surface area is 364 Å². The number of nitrogens with zero attached hydrogens (tertiary/aromatic N) is 3. The highest BCUT2D eigenvalue weighted by molar-refractivity contribution is 7.99. The Hall–Kier alpha value is -4.73. The Kier molecular flexibility index (Phi) is 12.5. The van der Waals surface area contributed by atoms with Gasteiger partial charge in [0.25, 0.3) is 0 Å². The predicted molar refractivity (Wildman–Crippen MR) is 218 cm³/mol. The smallest absolute Gasteiger partial charge is 0.411 e. The van der Waals surface area contributed by atoms with Crippen molar-refractivity contribution in [1.29, 1.82) is 5.26 Å². The van der Waals surface area contributed by atoms with E-state index in [-0.39, 0.29) is 44.5 Å². The standard InChI is InChI=1S/C40H41Cl3N4O12S/c1-7-9-53-34-26-21(11-18(3)31(34)52-6)12-23-24(13-44)46-25-14-55-37(49)22(45-38(50)56-16-40(41,42)43)15-60-36(30(46)29(26)47(23)39(51)54-10-8-2)28-27(25)35-33(57-17-58-35)19(4)32(28)59-20(5)48/h7-8,11,22-25,29-30,36H,1-2,9-10,12,14-17H2,3-6H3,(H,45,50)/t22-,23?,24-,25-,29-,30+,36?/m0/s1. The Morgan fingerprint density at radius 3 is 2.45 bits per heavy atom. The number of esters is 2. The molecule has 7 rings (SSSR count). The quantitative estimate of drug-likeness (QED) is 0.0979. The van der Waals surface area contributed by atoms with Crippen LogP contribution in [0.4, 0.5) is 9.59 Å². The largest absolute Gasteiger partial charge is 0.493 e. The number of thioether (sulfide) groups is 1. The number of methoxy groups -OCH3 is 1. The van der Waals surface area contributed by atoms with Crippen molar-refractivity contribution < 1.29 is 57.1 Å². The summed E-state index contributed by atoms with van der Waals surface area (Å²) in [5, 5.41) is 12.9. The minimum atomic E-state index is -1.92.